The lowest BCUT2D eigenvalue weighted by Crippen LogP contribution is -2.47. The molecular weight excluding hydrogens is 432 g/mol. The smallest absolute Gasteiger partial charge is 0.274 e. The van der Waals surface area contributed by atoms with Crippen LogP contribution >= 0.6 is 0 Å². The lowest BCUT2D eigenvalue weighted by Gasteiger charge is -2.35. The summed E-state index contributed by atoms with van der Waals surface area (Å²) in [5, 5.41) is 5.57. The molecule has 2 fully saturated rings. The molecule has 0 N–H and O–H groups in total. The van der Waals surface area contributed by atoms with E-state index in [0.29, 0.717) is 69.6 Å². The van der Waals surface area contributed by atoms with Crippen LogP contribution in [0.4, 0.5) is 0 Å². The number of likely N-dealkylation sites (tertiary alicyclic amines) is 1. The minimum Gasteiger partial charge on any atom is -0.378 e. The van der Waals surface area contributed by atoms with Crippen molar-refractivity contribution in [2.45, 2.75) is 19.4 Å². The zero-order valence-corrected chi connectivity index (χ0v) is 19.1. The van der Waals surface area contributed by atoms with Crippen LogP contribution < -0.4 is 5.56 Å². The molecule has 176 valence electrons. The van der Waals surface area contributed by atoms with Crippen LogP contribution in [0.2, 0.25) is 0 Å². The first kappa shape index (κ1) is 22.3. The molecule has 0 aliphatic carbocycles. The number of ether oxygens (including phenoxy) is 1. The molecular formula is C26H28N4O4. The average molecular weight is 461 g/mol. The minimum atomic E-state index is -0.217. The van der Waals surface area contributed by atoms with Gasteiger partial charge in [0.25, 0.3) is 11.5 Å². The summed E-state index contributed by atoms with van der Waals surface area (Å²) in [7, 11) is 0. The highest BCUT2D eigenvalue weighted by Gasteiger charge is 2.32. The molecule has 1 aromatic heterocycles. The summed E-state index contributed by atoms with van der Waals surface area (Å²) in [5.41, 5.74) is 1.00. The second kappa shape index (κ2) is 9.77. The highest BCUT2D eigenvalue weighted by molar-refractivity contribution is 6.04. The van der Waals surface area contributed by atoms with Gasteiger partial charge >= 0.3 is 0 Å². The van der Waals surface area contributed by atoms with Crippen LogP contribution in [0.25, 0.3) is 10.8 Å². The Kier molecular flexibility index (Phi) is 6.40. The molecule has 0 spiro atoms. The van der Waals surface area contributed by atoms with Crippen LogP contribution in [-0.4, -0.2) is 70.8 Å². The van der Waals surface area contributed by atoms with Crippen molar-refractivity contribution in [1.29, 1.82) is 0 Å². The third-order valence-corrected chi connectivity index (χ3v) is 6.70. The van der Waals surface area contributed by atoms with Gasteiger partial charge in [-0.05, 0) is 24.5 Å². The number of hydrogen-bond donors (Lipinski definition) is 0. The molecule has 3 aromatic rings. The summed E-state index contributed by atoms with van der Waals surface area (Å²) >= 11 is 0. The van der Waals surface area contributed by atoms with Crippen molar-refractivity contribution >= 4 is 22.6 Å². The summed E-state index contributed by atoms with van der Waals surface area (Å²) in [6.07, 6.45) is 1.26. The molecule has 0 bridgehead atoms. The van der Waals surface area contributed by atoms with Crippen LogP contribution in [0.5, 0.6) is 0 Å². The topological polar surface area (TPSA) is 84.7 Å². The van der Waals surface area contributed by atoms with Gasteiger partial charge in [0.05, 0.1) is 25.1 Å². The van der Waals surface area contributed by atoms with Crippen LogP contribution in [0.1, 0.15) is 28.9 Å². The van der Waals surface area contributed by atoms with Crippen molar-refractivity contribution < 1.29 is 14.3 Å². The number of aromatic nitrogens is 2. The van der Waals surface area contributed by atoms with Gasteiger partial charge in [-0.1, -0.05) is 48.5 Å². The van der Waals surface area contributed by atoms with Gasteiger partial charge in [0, 0.05) is 37.5 Å². The first-order chi connectivity index (χ1) is 16.6. The van der Waals surface area contributed by atoms with Crippen molar-refractivity contribution in [1.82, 2.24) is 19.6 Å². The van der Waals surface area contributed by atoms with Crippen LogP contribution in [0, 0.1) is 5.92 Å². The summed E-state index contributed by atoms with van der Waals surface area (Å²) in [6, 6.07) is 16.7. The molecule has 2 aliphatic heterocycles. The second-order valence-corrected chi connectivity index (χ2v) is 8.85. The molecule has 0 unspecified atom stereocenters. The van der Waals surface area contributed by atoms with Gasteiger partial charge in [-0.3, -0.25) is 14.4 Å². The van der Waals surface area contributed by atoms with E-state index in [1.165, 1.54) is 4.68 Å². The molecule has 5 rings (SSSR count). The standard InChI is InChI=1S/C26H28N4O4/c31-24(29-14-16-34-17-15-29)20-10-12-28(13-11-20)26(33)23-21-8-4-5-9-22(21)25(32)30(27-23)18-19-6-2-1-3-7-19/h1-9,20H,10-18H2. The van der Waals surface area contributed by atoms with E-state index >= 15 is 0 Å². The molecule has 8 heteroatoms. The highest BCUT2D eigenvalue weighted by atomic mass is 16.5. The maximum atomic E-state index is 13.5. The van der Waals surface area contributed by atoms with E-state index < -0.39 is 0 Å². The monoisotopic (exact) mass is 460 g/mol. The van der Waals surface area contributed by atoms with E-state index in [1.807, 2.05) is 41.3 Å². The summed E-state index contributed by atoms with van der Waals surface area (Å²) in [6.45, 7) is 3.72. The molecule has 2 amide bonds. The molecule has 0 saturated carbocycles. The molecule has 8 nitrogen and oxygen atoms in total. The normalized spacial score (nSPS) is 17.2. The zero-order chi connectivity index (χ0) is 23.5. The predicted molar refractivity (Wildman–Crippen MR) is 128 cm³/mol. The number of morpholine rings is 1. The van der Waals surface area contributed by atoms with Gasteiger partial charge in [0.2, 0.25) is 5.91 Å². The quantitative estimate of drug-likeness (QED) is 0.596. The Bertz CT molecular complexity index is 1240. The maximum Gasteiger partial charge on any atom is 0.274 e. The molecule has 0 radical (unpaired) electrons. The van der Waals surface area contributed by atoms with Gasteiger partial charge in [0.15, 0.2) is 5.69 Å². The number of benzene rings is 2. The van der Waals surface area contributed by atoms with Crippen LogP contribution in [0.15, 0.2) is 59.4 Å². The van der Waals surface area contributed by atoms with E-state index in [-0.39, 0.29) is 29.0 Å². The fraction of sp³-hybridized carbons (Fsp3) is 0.385. The molecule has 0 atom stereocenters. The largest absolute Gasteiger partial charge is 0.378 e. The van der Waals surface area contributed by atoms with Crippen molar-refractivity contribution in [2.24, 2.45) is 5.92 Å². The molecule has 2 aliphatic rings. The first-order valence-electron chi connectivity index (χ1n) is 11.8. The Morgan fingerprint density at radius 3 is 2.21 bits per heavy atom. The number of rotatable bonds is 4. The highest BCUT2D eigenvalue weighted by Crippen LogP contribution is 2.23. The van der Waals surface area contributed by atoms with Crippen molar-refractivity contribution in [3.05, 3.63) is 76.2 Å². The van der Waals surface area contributed by atoms with Gasteiger partial charge in [-0.25, -0.2) is 4.68 Å². The third-order valence-electron chi connectivity index (χ3n) is 6.70. The Balaban J connectivity index is 1.37. The molecule has 3 heterocycles. The Labute approximate surface area is 197 Å². The summed E-state index contributed by atoms with van der Waals surface area (Å²) in [5.74, 6) is -0.107. The Morgan fingerprint density at radius 2 is 1.50 bits per heavy atom. The van der Waals surface area contributed by atoms with Gasteiger partial charge in [-0.2, -0.15) is 5.10 Å². The fourth-order valence-electron chi connectivity index (χ4n) is 4.78. The van der Waals surface area contributed by atoms with Gasteiger partial charge < -0.3 is 14.5 Å². The Morgan fingerprint density at radius 1 is 0.853 bits per heavy atom. The minimum absolute atomic E-state index is 0.0705. The molecule has 2 saturated heterocycles. The molecule has 34 heavy (non-hydrogen) atoms. The van der Waals surface area contributed by atoms with Gasteiger partial charge in [-0.15, -0.1) is 0 Å². The second-order valence-electron chi connectivity index (χ2n) is 8.85. The average Bonchev–Trinajstić information content (AvgIpc) is 2.91. The van der Waals surface area contributed by atoms with E-state index in [4.69, 9.17) is 4.74 Å². The number of nitrogens with zero attached hydrogens (tertiary/aromatic N) is 4. The van der Waals surface area contributed by atoms with E-state index in [1.54, 1.807) is 23.1 Å². The number of hydrogen-bond acceptors (Lipinski definition) is 5. The van der Waals surface area contributed by atoms with Crippen LogP contribution in [0.3, 0.4) is 0 Å². The van der Waals surface area contributed by atoms with E-state index in [0.717, 1.165) is 5.56 Å². The van der Waals surface area contributed by atoms with Crippen LogP contribution in [-0.2, 0) is 16.1 Å². The lowest BCUT2D eigenvalue weighted by molar-refractivity contribution is -0.141. The summed E-state index contributed by atoms with van der Waals surface area (Å²) in [4.78, 5) is 43.1. The number of amides is 2. The van der Waals surface area contributed by atoms with Crippen molar-refractivity contribution in [3.63, 3.8) is 0 Å². The lowest BCUT2D eigenvalue weighted by atomic mass is 9.94. The van der Waals surface area contributed by atoms with E-state index in [2.05, 4.69) is 5.10 Å². The number of piperidine rings is 1. The fourth-order valence-corrected chi connectivity index (χ4v) is 4.78. The number of carbonyl (C=O) groups is 2. The first-order valence-corrected chi connectivity index (χ1v) is 11.8. The Hall–Kier alpha value is -3.52. The maximum absolute atomic E-state index is 13.5. The van der Waals surface area contributed by atoms with Crippen molar-refractivity contribution in [2.75, 3.05) is 39.4 Å². The predicted octanol–water partition coefficient (Wildman–Crippen LogP) is 2.16. The number of carbonyl (C=O) groups excluding carboxylic acids is 2. The zero-order valence-electron chi connectivity index (χ0n) is 19.1. The third kappa shape index (κ3) is 4.46. The SMILES string of the molecule is O=C(c1nn(Cc2ccccc2)c(=O)c2ccccc12)N1CCC(C(=O)N2CCOCC2)CC1. The molecule has 2 aromatic carbocycles. The van der Waals surface area contributed by atoms with Gasteiger partial charge in [0.1, 0.15) is 0 Å². The number of fused-ring (bicyclic) bond motifs is 1. The summed E-state index contributed by atoms with van der Waals surface area (Å²) < 4.78 is 6.72. The van der Waals surface area contributed by atoms with Crippen molar-refractivity contribution in [3.8, 4) is 0 Å². The van der Waals surface area contributed by atoms with E-state index in [9.17, 15) is 14.4 Å².